The molecule has 0 aromatic heterocycles. The first-order chi connectivity index (χ1) is 7.03. The number of halogens is 2. The number of carbonyl (C=O) groups is 1. The lowest BCUT2D eigenvalue weighted by molar-refractivity contribution is 0.00102. The summed E-state index contributed by atoms with van der Waals surface area (Å²) in [6, 6.07) is -0.783. The molecule has 0 aromatic carbocycles. The Balaban J connectivity index is 4.18. The van der Waals surface area contributed by atoms with Crippen molar-refractivity contribution in [1.29, 1.82) is 0 Å². The molecule has 1 unspecified atom stereocenters. The monoisotopic (exact) mass is 238 g/mol. The Labute approximate surface area is 94.5 Å². The van der Waals surface area contributed by atoms with Gasteiger partial charge in [0.05, 0.1) is 6.04 Å². The van der Waals surface area contributed by atoms with E-state index in [0.717, 1.165) is 6.92 Å². The predicted molar refractivity (Wildman–Crippen MR) is 57.5 cm³/mol. The molecule has 0 radical (unpaired) electrons. The number of hydrogen-bond donors (Lipinski definition) is 2. The van der Waals surface area contributed by atoms with Crippen LogP contribution in [0.3, 0.4) is 0 Å². The number of ether oxygens (including phenoxy) is 1. The summed E-state index contributed by atoms with van der Waals surface area (Å²) >= 11 is 0. The van der Waals surface area contributed by atoms with Crippen LogP contribution in [0.25, 0.3) is 0 Å². The summed E-state index contributed by atoms with van der Waals surface area (Å²) in [5, 5.41) is 2.31. The molecule has 0 fully saturated rings. The molecule has 0 saturated heterocycles. The summed E-state index contributed by atoms with van der Waals surface area (Å²) in [7, 11) is 0. The number of hydrogen-bond acceptors (Lipinski definition) is 3. The second-order valence-electron chi connectivity index (χ2n) is 4.85. The maximum Gasteiger partial charge on any atom is 0.407 e. The molecule has 0 rings (SSSR count). The molecule has 4 nitrogen and oxygen atoms in total. The zero-order valence-electron chi connectivity index (χ0n) is 10.1. The van der Waals surface area contributed by atoms with E-state index < -0.39 is 30.1 Å². The first-order valence-corrected chi connectivity index (χ1v) is 5.11. The second kappa shape index (κ2) is 5.43. The molecule has 0 bridgehead atoms. The highest BCUT2D eigenvalue weighted by atomic mass is 19.3. The minimum absolute atomic E-state index is 0.0529. The van der Waals surface area contributed by atoms with Crippen molar-refractivity contribution in [2.24, 2.45) is 5.73 Å². The normalized spacial score (nSPS) is 14.4. The molecule has 0 spiro atoms. The number of amides is 1. The van der Waals surface area contributed by atoms with Gasteiger partial charge in [0, 0.05) is 13.0 Å². The fourth-order valence-electron chi connectivity index (χ4n) is 1.10. The Kier molecular flexibility index (Phi) is 5.12. The predicted octanol–water partition coefficient (Wildman–Crippen LogP) is 1.88. The molecule has 0 aliphatic rings. The van der Waals surface area contributed by atoms with Crippen LogP contribution in [0, 0.1) is 0 Å². The molecule has 1 amide bonds. The van der Waals surface area contributed by atoms with E-state index >= 15 is 0 Å². The molecule has 3 N–H and O–H groups in total. The lowest BCUT2D eigenvalue weighted by Gasteiger charge is -2.24. The van der Waals surface area contributed by atoms with Crippen LogP contribution in [0.2, 0.25) is 0 Å². The maximum absolute atomic E-state index is 12.7. The van der Waals surface area contributed by atoms with Gasteiger partial charge in [0.15, 0.2) is 0 Å². The van der Waals surface area contributed by atoms with E-state index in [1.54, 1.807) is 20.8 Å². The van der Waals surface area contributed by atoms with E-state index in [-0.39, 0.29) is 6.54 Å². The molecule has 16 heavy (non-hydrogen) atoms. The van der Waals surface area contributed by atoms with Crippen LogP contribution in [0.5, 0.6) is 0 Å². The van der Waals surface area contributed by atoms with Crippen molar-refractivity contribution in [3.63, 3.8) is 0 Å². The highest BCUT2D eigenvalue weighted by molar-refractivity contribution is 5.68. The standard InChI is InChI=1S/C10H20F2N2O2/c1-9(2,3)16-8(15)14-7(6-13)5-10(4,11)12/h7H,5-6,13H2,1-4H3,(H,14,15). The highest BCUT2D eigenvalue weighted by Gasteiger charge is 2.28. The van der Waals surface area contributed by atoms with Crippen molar-refractivity contribution >= 4 is 6.09 Å². The molecule has 6 heteroatoms. The zero-order valence-corrected chi connectivity index (χ0v) is 10.1. The van der Waals surface area contributed by atoms with Crippen LogP contribution in [-0.4, -0.2) is 30.2 Å². The van der Waals surface area contributed by atoms with Gasteiger partial charge in [-0.2, -0.15) is 0 Å². The van der Waals surface area contributed by atoms with E-state index in [2.05, 4.69) is 5.32 Å². The van der Waals surface area contributed by atoms with Crippen LogP contribution >= 0.6 is 0 Å². The summed E-state index contributed by atoms with van der Waals surface area (Å²) in [4.78, 5) is 11.3. The zero-order chi connectivity index (χ0) is 13.0. The van der Waals surface area contributed by atoms with E-state index in [9.17, 15) is 13.6 Å². The molecule has 0 aliphatic carbocycles. The highest BCUT2D eigenvalue weighted by Crippen LogP contribution is 2.18. The van der Waals surface area contributed by atoms with Crippen LogP contribution in [0.15, 0.2) is 0 Å². The summed E-state index contributed by atoms with van der Waals surface area (Å²) in [5.74, 6) is -2.86. The quantitative estimate of drug-likeness (QED) is 0.786. The molecular formula is C10H20F2N2O2. The SMILES string of the molecule is CC(F)(F)CC(CN)NC(=O)OC(C)(C)C. The van der Waals surface area contributed by atoms with E-state index in [1.165, 1.54) is 0 Å². The molecule has 0 saturated carbocycles. The number of nitrogens with two attached hydrogens (primary N) is 1. The third kappa shape index (κ3) is 8.40. The molecule has 96 valence electrons. The van der Waals surface area contributed by atoms with Crippen LogP contribution in [0.1, 0.15) is 34.1 Å². The Hall–Kier alpha value is -0.910. The number of alkyl halides is 2. The second-order valence-corrected chi connectivity index (χ2v) is 4.85. The minimum atomic E-state index is -2.86. The van der Waals surface area contributed by atoms with Crippen LogP contribution in [-0.2, 0) is 4.74 Å². The van der Waals surface area contributed by atoms with Gasteiger partial charge in [0.1, 0.15) is 5.60 Å². The van der Waals surface area contributed by atoms with Gasteiger partial charge in [-0.05, 0) is 27.7 Å². The van der Waals surface area contributed by atoms with Gasteiger partial charge in [-0.1, -0.05) is 0 Å². The van der Waals surface area contributed by atoms with Gasteiger partial charge < -0.3 is 15.8 Å². The third-order valence-electron chi connectivity index (χ3n) is 1.61. The average molecular weight is 238 g/mol. The lowest BCUT2D eigenvalue weighted by atomic mass is 10.1. The van der Waals surface area contributed by atoms with Crippen molar-refractivity contribution in [1.82, 2.24) is 5.32 Å². The third-order valence-corrected chi connectivity index (χ3v) is 1.61. The smallest absolute Gasteiger partial charge is 0.407 e. The lowest BCUT2D eigenvalue weighted by Crippen LogP contribution is -2.45. The Morgan fingerprint density at radius 1 is 1.38 bits per heavy atom. The van der Waals surface area contributed by atoms with Gasteiger partial charge in [0.2, 0.25) is 5.92 Å². The van der Waals surface area contributed by atoms with Crippen molar-refractivity contribution in [2.45, 2.75) is 51.7 Å². The van der Waals surface area contributed by atoms with Crippen molar-refractivity contribution < 1.29 is 18.3 Å². The molecular weight excluding hydrogens is 218 g/mol. The number of rotatable bonds is 4. The number of carbonyl (C=O) groups excluding carboxylic acids is 1. The van der Waals surface area contributed by atoms with Gasteiger partial charge in [-0.25, -0.2) is 13.6 Å². The van der Waals surface area contributed by atoms with Crippen molar-refractivity contribution in [2.75, 3.05) is 6.54 Å². The number of nitrogens with one attached hydrogen (secondary N) is 1. The minimum Gasteiger partial charge on any atom is -0.444 e. The Bertz CT molecular complexity index is 234. The first-order valence-electron chi connectivity index (χ1n) is 5.11. The van der Waals surface area contributed by atoms with Crippen molar-refractivity contribution in [3.8, 4) is 0 Å². The summed E-state index contributed by atoms with van der Waals surface area (Å²) in [6.45, 7) is 5.81. The average Bonchev–Trinajstić information content (AvgIpc) is 1.96. The molecule has 0 heterocycles. The molecule has 0 aliphatic heterocycles. The van der Waals surface area contributed by atoms with Gasteiger partial charge in [0.25, 0.3) is 0 Å². The Morgan fingerprint density at radius 2 is 1.88 bits per heavy atom. The van der Waals surface area contributed by atoms with Crippen LogP contribution < -0.4 is 11.1 Å². The van der Waals surface area contributed by atoms with Gasteiger partial charge in [-0.3, -0.25) is 0 Å². The topological polar surface area (TPSA) is 64.3 Å². The molecule has 0 aromatic rings. The fraction of sp³-hybridized carbons (Fsp3) is 0.900. The first kappa shape index (κ1) is 15.1. The fourth-order valence-corrected chi connectivity index (χ4v) is 1.10. The van der Waals surface area contributed by atoms with E-state index in [4.69, 9.17) is 10.5 Å². The van der Waals surface area contributed by atoms with Crippen LogP contribution in [0.4, 0.5) is 13.6 Å². The van der Waals surface area contributed by atoms with Gasteiger partial charge >= 0.3 is 6.09 Å². The van der Waals surface area contributed by atoms with Gasteiger partial charge in [-0.15, -0.1) is 0 Å². The van der Waals surface area contributed by atoms with E-state index in [0.29, 0.717) is 0 Å². The number of alkyl carbamates (subject to hydrolysis) is 1. The largest absolute Gasteiger partial charge is 0.444 e. The Morgan fingerprint density at radius 3 is 2.19 bits per heavy atom. The summed E-state index contributed by atoms with van der Waals surface area (Å²) < 4.78 is 30.3. The summed E-state index contributed by atoms with van der Waals surface area (Å²) in [5.41, 5.74) is 4.63. The van der Waals surface area contributed by atoms with Crippen molar-refractivity contribution in [3.05, 3.63) is 0 Å². The molecule has 1 atom stereocenters. The van der Waals surface area contributed by atoms with E-state index in [1.807, 2.05) is 0 Å². The summed E-state index contributed by atoms with van der Waals surface area (Å²) in [6.07, 6.45) is -1.23. The maximum atomic E-state index is 12.7.